The van der Waals surface area contributed by atoms with E-state index in [0.717, 1.165) is 22.6 Å². The van der Waals surface area contributed by atoms with Gasteiger partial charge in [-0.05, 0) is 55.8 Å². The highest BCUT2D eigenvalue weighted by atomic mass is 16.5. The highest BCUT2D eigenvalue weighted by Crippen LogP contribution is 2.58. The minimum Gasteiger partial charge on any atom is -0.456 e. The minimum atomic E-state index is -0.458. The summed E-state index contributed by atoms with van der Waals surface area (Å²) < 4.78 is 6.66. The third-order valence-corrected chi connectivity index (χ3v) is 10.2. The molecule has 0 amide bonds. The van der Waals surface area contributed by atoms with E-state index in [9.17, 15) is 0 Å². The Balaban J connectivity index is 1.28. The largest absolute Gasteiger partial charge is 0.456 e. The lowest BCUT2D eigenvalue weighted by molar-refractivity contribution is 0.419. The molecule has 7 aromatic carbocycles. The van der Waals surface area contributed by atoms with E-state index in [1.807, 2.05) is 0 Å². The van der Waals surface area contributed by atoms with Crippen molar-refractivity contribution in [1.29, 1.82) is 0 Å². The van der Waals surface area contributed by atoms with Crippen molar-refractivity contribution in [3.8, 4) is 33.8 Å². The summed E-state index contributed by atoms with van der Waals surface area (Å²) >= 11 is 0. The van der Waals surface area contributed by atoms with Gasteiger partial charge in [0.1, 0.15) is 11.5 Å². The number of para-hydroxylation sites is 2. The number of fused-ring (bicyclic) bond motifs is 7. The standard InChI is InChI=1S/C44H32O/c1-43(2)38-20-10-11-22-40(38)45-42-34(18-12-21-39(42)43)30-23-26-32(27-24-30)44(31-14-4-3-5-15-31)37-19-9-8-17-35(37)36-28-25-29-13-6-7-16-33(29)41(36)44/h3-28H,1-2H3. The van der Waals surface area contributed by atoms with E-state index in [4.69, 9.17) is 4.74 Å². The Labute approximate surface area is 264 Å². The number of ether oxygens (including phenoxy) is 1. The molecule has 7 aromatic rings. The second kappa shape index (κ2) is 9.55. The van der Waals surface area contributed by atoms with E-state index in [2.05, 4.69) is 172 Å². The summed E-state index contributed by atoms with van der Waals surface area (Å²) in [4.78, 5) is 0. The highest BCUT2D eigenvalue weighted by molar-refractivity contribution is 6.00. The monoisotopic (exact) mass is 576 g/mol. The van der Waals surface area contributed by atoms with Crippen molar-refractivity contribution in [3.05, 3.63) is 191 Å². The maximum Gasteiger partial charge on any atom is 0.139 e. The van der Waals surface area contributed by atoms with Crippen molar-refractivity contribution in [2.45, 2.75) is 24.7 Å². The number of hydrogen-bond donors (Lipinski definition) is 0. The van der Waals surface area contributed by atoms with E-state index in [1.165, 1.54) is 55.3 Å². The fourth-order valence-electron chi connectivity index (χ4n) is 8.13. The average Bonchev–Trinajstić information content (AvgIpc) is 3.40. The Morgan fingerprint density at radius 1 is 0.444 bits per heavy atom. The topological polar surface area (TPSA) is 9.23 Å². The summed E-state index contributed by atoms with van der Waals surface area (Å²) in [5.74, 6) is 1.89. The van der Waals surface area contributed by atoms with Crippen LogP contribution in [0, 0.1) is 0 Å². The molecule has 2 aliphatic rings. The van der Waals surface area contributed by atoms with Gasteiger partial charge in [0, 0.05) is 22.1 Å². The number of hydrogen-bond acceptors (Lipinski definition) is 1. The van der Waals surface area contributed by atoms with Crippen LogP contribution in [0.15, 0.2) is 158 Å². The Hall–Kier alpha value is -5.40. The number of rotatable bonds is 3. The average molecular weight is 577 g/mol. The summed E-state index contributed by atoms with van der Waals surface area (Å²) in [7, 11) is 0. The zero-order chi connectivity index (χ0) is 30.2. The highest BCUT2D eigenvalue weighted by Gasteiger charge is 2.47. The molecule has 1 aliphatic heterocycles. The lowest BCUT2D eigenvalue weighted by Crippen LogP contribution is -2.28. The van der Waals surface area contributed by atoms with E-state index in [0.29, 0.717) is 0 Å². The molecule has 45 heavy (non-hydrogen) atoms. The van der Waals surface area contributed by atoms with Gasteiger partial charge in [0.25, 0.3) is 0 Å². The van der Waals surface area contributed by atoms with Crippen LogP contribution in [0.4, 0.5) is 0 Å². The first-order valence-electron chi connectivity index (χ1n) is 15.8. The second-order valence-electron chi connectivity index (χ2n) is 12.9. The summed E-state index contributed by atoms with van der Waals surface area (Å²) in [6, 6.07) is 57.7. The van der Waals surface area contributed by atoms with Gasteiger partial charge in [-0.25, -0.2) is 0 Å². The van der Waals surface area contributed by atoms with Crippen molar-refractivity contribution < 1.29 is 4.74 Å². The molecule has 1 atom stereocenters. The smallest absolute Gasteiger partial charge is 0.139 e. The molecule has 1 unspecified atom stereocenters. The molecule has 0 aromatic heterocycles. The number of benzene rings is 7. The Morgan fingerprint density at radius 3 is 1.93 bits per heavy atom. The molecule has 1 heteroatoms. The van der Waals surface area contributed by atoms with Gasteiger partial charge in [-0.1, -0.05) is 166 Å². The molecular weight excluding hydrogens is 544 g/mol. The summed E-state index contributed by atoms with van der Waals surface area (Å²) in [6.07, 6.45) is 0. The molecule has 1 heterocycles. The third-order valence-electron chi connectivity index (χ3n) is 10.2. The minimum absolute atomic E-state index is 0.157. The lowest BCUT2D eigenvalue weighted by Gasteiger charge is -2.36. The Kier molecular flexibility index (Phi) is 5.53. The normalized spacial score (nSPS) is 17.1. The van der Waals surface area contributed by atoms with E-state index >= 15 is 0 Å². The molecular formula is C44H32O. The van der Waals surface area contributed by atoms with Crippen molar-refractivity contribution in [3.63, 3.8) is 0 Å². The first-order valence-corrected chi connectivity index (χ1v) is 15.8. The zero-order valence-electron chi connectivity index (χ0n) is 25.4. The first-order chi connectivity index (χ1) is 22.1. The van der Waals surface area contributed by atoms with E-state index in [-0.39, 0.29) is 5.41 Å². The van der Waals surface area contributed by atoms with Crippen LogP contribution in [-0.4, -0.2) is 0 Å². The van der Waals surface area contributed by atoms with E-state index < -0.39 is 5.41 Å². The van der Waals surface area contributed by atoms with Crippen molar-refractivity contribution >= 4 is 10.8 Å². The summed E-state index contributed by atoms with van der Waals surface area (Å²) in [5, 5.41) is 2.56. The van der Waals surface area contributed by atoms with Gasteiger partial charge < -0.3 is 4.74 Å². The van der Waals surface area contributed by atoms with Crippen molar-refractivity contribution in [2.24, 2.45) is 0 Å². The molecule has 1 nitrogen and oxygen atoms in total. The Morgan fingerprint density at radius 2 is 1.09 bits per heavy atom. The first kappa shape index (κ1) is 26.0. The lowest BCUT2D eigenvalue weighted by atomic mass is 9.66. The maximum absolute atomic E-state index is 6.66. The van der Waals surface area contributed by atoms with Crippen LogP contribution in [0.1, 0.15) is 47.2 Å². The summed E-state index contributed by atoms with van der Waals surface area (Å²) in [6.45, 7) is 4.59. The van der Waals surface area contributed by atoms with Gasteiger partial charge in [-0.3, -0.25) is 0 Å². The zero-order valence-corrected chi connectivity index (χ0v) is 25.4. The van der Waals surface area contributed by atoms with Gasteiger partial charge in [-0.2, -0.15) is 0 Å². The Bertz CT molecular complexity index is 2260. The van der Waals surface area contributed by atoms with Crippen LogP contribution in [0.25, 0.3) is 33.0 Å². The van der Waals surface area contributed by atoms with Crippen LogP contribution in [0.2, 0.25) is 0 Å². The van der Waals surface area contributed by atoms with Gasteiger partial charge in [-0.15, -0.1) is 0 Å². The molecule has 0 fully saturated rings. The molecule has 0 N–H and O–H groups in total. The van der Waals surface area contributed by atoms with Crippen LogP contribution >= 0.6 is 0 Å². The van der Waals surface area contributed by atoms with E-state index in [1.54, 1.807) is 0 Å². The molecule has 214 valence electrons. The second-order valence-corrected chi connectivity index (χ2v) is 12.9. The predicted octanol–water partition coefficient (Wildman–Crippen LogP) is 11.3. The van der Waals surface area contributed by atoms with Crippen LogP contribution in [0.5, 0.6) is 11.5 Å². The van der Waals surface area contributed by atoms with Gasteiger partial charge in [0.05, 0.1) is 5.41 Å². The SMILES string of the molecule is CC1(C)c2ccccc2Oc2c(-c3ccc(C4(c5ccccc5)c5ccccc5-c5ccc6ccccc6c54)cc3)cccc21. The van der Waals surface area contributed by atoms with Gasteiger partial charge in [0.15, 0.2) is 0 Å². The van der Waals surface area contributed by atoms with Gasteiger partial charge in [0.2, 0.25) is 0 Å². The molecule has 0 saturated carbocycles. The van der Waals surface area contributed by atoms with Gasteiger partial charge >= 0.3 is 0 Å². The molecule has 0 radical (unpaired) electrons. The van der Waals surface area contributed by atoms with Crippen LogP contribution < -0.4 is 4.74 Å². The van der Waals surface area contributed by atoms with Crippen molar-refractivity contribution in [1.82, 2.24) is 0 Å². The fourth-order valence-corrected chi connectivity index (χ4v) is 8.13. The predicted molar refractivity (Wildman–Crippen MR) is 185 cm³/mol. The van der Waals surface area contributed by atoms with Crippen molar-refractivity contribution in [2.75, 3.05) is 0 Å². The fraction of sp³-hybridized carbons (Fsp3) is 0.0909. The van der Waals surface area contributed by atoms with Crippen LogP contribution in [-0.2, 0) is 10.8 Å². The molecule has 9 rings (SSSR count). The third kappa shape index (κ3) is 3.56. The molecule has 0 saturated heterocycles. The van der Waals surface area contributed by atoms with Crippen LogP contribution in [0.3, 0.4) is 0 Å². The quantitative estimate of drug-likeness (QED) is 0.203. The molecule has 0 bridgehead atoms. The maximum atomic E-state index is 6.66. The summed E-state index contributed by atoms with van der Waals surface area (Å²) in [5.41, 5.74) is 11.9. The molecule has 1 aliphatic carbocycles. The molecule has 0 spiro atoms.